The number of hydrogen-bond donors (Lipinski definition) is 1. The van der Waals surface area contributed by atoms with Gasteiger partial charge in [-0.15, -0.1) is 0 Å². The summed E-state index contributed by atoms with van der Waals surface area (Å²) in [4.78, 5) is 26.3. The Bertz CT molecular complexity index is 512. The highest BCUT2D eigenvalue weighted by molar-refractivity contribution is 6.24. The van der Waals surface area contributed by atoms with Crippen LogP contribution in [0.2, 0.25) is 0 Å². The molecule has 0 saturated heterocycles. The Balaban J connectivity index is 2.27. The van der Waals surface area contributed by atoms with E-state index in [1.165, 1.54) is 0 Å². The van der Waals surface area contributed by atoms with Crippen LogP contribution < -0.4 is 5.32 Å². The molecule has 1 atom stereocenters. The first-order valence-corrected chi connectivity index (χ1v) is 6.04. The molecule has 0 amide bonds. The van der Waals surface area contributed by atoms with E-state index in [-0.39, 0.29) is 17.7 Å². The second-order valence-corrected chi connectivity index (χ2v) is 4.88. The molecule has 2 rings (SSSR count). The molecule has 0 saturated carbocycles. The maximum Gasteiger partial charge on any atom is 0.185 e. The van der Waals surface area contributed by atoms with Crippen molar-refractivity contribution in [2.24, 2.45) is 0 Å². The summed E-state index contributed by atoms with van der Waals surface area (Å²) in [7, 11) is 1.94. The van der Waals surface area contributed by atoms with Crippen LogP contribution in [-0.4, -0.2) is 29.7 Å². The van der Waals surface area contributed by atoms with Gasteiger partial charge >= 0.3 is 0 Å². The zero-order valence-corrected chi connectivity index (χ0v) is 11.2. The molecule has 4 heteroatoms. The smallest absolute Gasteiger partial charge is 0.185 e. The largest absolute Gasteiger partial charge is 0.370 e. The van der Waals surface area contributed by atoms with Gasteiger partial charge in [0.1, 0.15) is 6.17 Å². The lowest BCUT2D eigenvalue weighted by Gasteiger charge is -2.25. The van der Waals surface area contributed by atoms with Gasteiger partial charge in [0.2, 0.25) is 0 Å². The molecule has 0 spiro atoms. The third-order valence-corrected chi connectivity index (χ3v) is 3.80. The summed E-state index contributed by atoms with van der Waals surface area (Å²) in [6.07, 6.45) is 4.37. The van der Waals surface area contributed by atoms with E-state index in [9.17, 15) is 9.59 Å². The Kier molecular flexibility index (Phi) is 3.11. The Morgan fingerprint density at radius 1 is 1.11 bits per heavy atom. The van der Waals surface area contributed by atoms with Gasteiger partial charge in [0.25, 0.3) is 0 Å². The fourth-order valence-electron chi connectivity index (χ4n) is 2.29. The van der Waals surface area contributed by atoms with Crippen LogP contribution in [0, 0.1) is 0 Å². The molecular formula is C14H18N2O2. The number of rotatable bonds is 2. The number of nitrogens with one attached hydrogen (secondary N) is 1. The van der Waals surface area contributed by atoms with Crippen molar-refractivity contribution in [1.82, 2.24) is 10.2 Å². The first-order chi connectivity index (χ1) is 8.43. The number of ketones is 2. The standard InChI is InChI=1S/C14H18N2O2/c1-8-9(2)14(18)11(10(3)13(8)17)7-12-15-5-6-16(12)4/h5-6,12,15H,7H2,1-4H3. The average Bonchev–Trinajstić information content (AvgIpc) is 2.75. The van der Waals surface area contributed by atoms with Crippen LogP contribution in [0.15, 0.2) is 34.7 Å². The molecule has 0 bridgehead atoms. The number of nitrogens with zero attached hydrogens (tertiary/aromatic N) is 1. The van der Waals surface area contributed by atoms with Gasteiger partial charge in [0.15, 0.2) is 11.6 Å². The van der Waals surface area contributed by atoms with Crippen LogP contribution in [0.5, 0.6) is 0 Å². The van der Waals surface area contributed by atoms with Crippen LogP contribution in [-0.2, 0) is 9.59 Å². The van der Waals surface area contributed by atoms with Crippen LogP contribution in [0.4, 0.5) is 0 Å². The third kappa shape index (κ3) is 1.88. The van der Waals surface area contributed by atoms with Gasteiger partial charge in [0, 0.05) is 48.2 Å². The monoisotopic (exact) mass is 246 g/mol. The molecule has 1 aliphatic heterocycles. The molecule has 18 heavy (non-hydrogen) atoms. The van der Waals surface area contributed by atoms with Crippen molar-refractivity contribution in [2.45, 2.75) is 33.4 Å². The number of allylic oxidation sites excluding steroid dienone is 3. The number of carbonyl (C=O) groups excluding carboxylic acids is 2. The average molecular weight is 246 g/mol. The number of carbonyl (C=O) groups is 2. The molecular weight excluding hydrogens is 228 g/mol. The molecule has 1 aliphatic carbocycles. The number of hydrogen-bond acceptors (Lipinski definition) is 4. The highest BCUT2D eigenvalue weighted by atomic mass is 16.1. The van der Waals surface area contributed by atoms with Crippen molar-refractivity contribution in [1.29, 1.82) is 0 Å². The summed E-state index contributed by atoms with van der Waals surface area (Å²) in [5.41, 5.74) is 2.38. The minimum atomic E-state index is -0.00397. The Hall–Kier alpha value is -1.84. The van der Waals surface area contributed by atoms with E-state index in [4.69, 9.17) is 0 Å². The molecule has 1 unspecified atom stereocenters. The van der Waals surface area contributed by atoms with Crippen molar-refractivity contribution in [3.05, 3.63) is 34.7 Å². The predicted octanol–water partition coefficient (Wildman–Crippen LogP) is 1.51. The second kappa shape index (κ2) is 4.44. The first-order valence-electron chi connectivity index (χ1n) is 6.04. The van der Waals surface area contributed by atoms with Crippen molar-refractivity contribution in [3.8, 4) is 0 Å². The van der Waals surface area contributed by atoms with Crippen molar-refractivity contribution in [3.63, 3.8) is 0 Å². The van der Waals surface area contributed by atoms with E-state index < -0.39 is 0 Å². The summed E-state index contributed by atoms with van der Waals surface area (Å²) in [6, 6.07) is 0. The molecule has 0 aromatic carbocycles. The number of Topliss-reactive ketones (excluding diaryl/α,β-unsaturated/α-hetero) is 2. The summed E-state index contributed by atoms with van der Waals surface area (Å²) in [5, 5.41) is 3.17. The maximum absolute atomic E-state index is 12.3. The lowest BCUT2D eigenvalue weighted by molar-refractivity contribution is -0.116. The lowest BCUT2D eigenvalue weighted by Crippen LogP contribution is -2.35. The van der Waals surface area contributed by atoms with Gasteiger partial charge in [-0.2, -0.15) is 0 Å². The first kappa shape index (κ1) is 12.6. The van der Waals surface area contributed by atoms with Crippen LogP contribution in [0.25, 0.3) is 0 Å². The lowest BCUT2D eigenvalue weighted by atomic mass is 9.84. The molecule has 0 fully saturated rings. The van der Waals surface area contributed by atoms with E-state index in [0.717, 1.165) is 0 Å². The summed E-state index contributed by atoms with van der Waals surface area (Å²) in [6.45, 7) is 5.19. The molecule has 1 N–H and O–H groups in total. The van der Waals surface area contributed by atoms with E-state index in [0.29, 0.717) is 28.7 Å². The van der Waals surface area contributed by atoms with E-state index in [1.54, 1.807) is 20.8 Å². The predicted molar refractivity (Wildman–Crippen MR) is 69.5 cm³/mol. The molecule has 0 radical (unpaired) electrons. The molecule has 96 valence electrons. The quantitative estimate of drug-likeness (QED) is 0.750. The zero-order valence-electron chi connectivity index (χ0n) is 11.2. The van der Waals surface area contributed by atoms with Crippen molar-refractivity contribution >= 4 is 11.6 Å². The Morgan fingerprint density at radius 3 is 2.28 bits per heavy atom. The minimum absolute atomic E-state index is 0.00397. The molecule has 4 nitrogen and oxygen atoms in total. The fourth-order valence-corrected chi connectivity index (χ4v) is 2.29. The second-order valence-electron chi connectivity index (χ2n) is 4.88. The van der Waals surface area contributed by atoms with Gasteiger partial charge < -0.3 is 10.2 Å². The Morgan fingerprint density at radius 2 is 1.72 bits per heavy atom. The topological polar surface area (TPSA) is 49.4 Å². The summed E-state index contributed by atoms with van der Waals surface area (Å²) < 4.78 is 0. The van der Waals surface area contributed by atoms with Gasteiger partial charge in [-0.1, -0.05) is 0 Å². The normalized spacial score (nSPS) is 24.2. The van der Waals surface area contributed by atoms with Crippen LogP contribution in [0.3, 0.4) is 0 Å². The molecule has 0 aromatic heterocycles. The molecule has 1 heterocycles. The maximum atomic E-state index is 12.3. The van der Waals surface area contributed by atoms with Gasteiger partial charge in [-0.25, -0.2) is 0 Å². The summed E-state index contributed by atoms with van der Waals surface area (Å²) >= 11 is 0. The Labute approximate surface area is 107 Å². The van der Waals surface area contributed by atoms with Crippen molar-refractivity contribution < 1.29 is 9.59 Å². The van der Waals surface area contributed by atoms with Crippen LogP contribution >= 0.6 is 0 Å². The molecule has 0 aromatic rings. The van der Waals surface area contributed by atoms with E-state index >= 15 is 0 Å². The van der Waals surface area contributed by atoms with Gasteiger partial charge in [-0.05, 0) is 20.8 Å². The van der Waals surface area contributed by atoms with Crippen LogP contribution in [0.1, 0.15) is 27.2 Å². The van der Waals surface area contributed by atoms with E-state index in [1.807, 2.05) is 24.3 Å². The fraction of sp³-hybridized carbons (Fsp3) is 0.429. The van der Waals surface area contributed by atoms with Gasteiger partial charge in [-0.3, -0.25) is 9.59 Å². The summed E-state index contributed by atoms with van der Waals surface area (Å²) in [5.74, 6) is 0.00223. The SMILES string of the molecule is CC1=C(C)C(=O)C(CC2NC=CN2C)=C(C)C1=O. The highest BCUT2D eigenvalue weighted by Gasteiger charge is 2.30. The van der Waals surface area contributed by atoms with Crippen molar-refractivity contribution in [2.75, 3.05) is 7.05 Å². The molecule has 2 aliphatic rings. The third-order valence-electron chi connectivity index (χ3n) is 3.80. The van der Waals surface area contributed by atoms with E-state index in [2.05, 4.69) is 5.32 Å². The minimum Gasteiger partial charge on any atom is -0.370 e. The zero-order chi connectivity index (χ0) is 13.4. The van der Waals surface area contributed by atoms with Gasteiger partial charge in [0.05, 0.1) is 0 Å². The highest BCUT2D eigenvalue weighted by Crippen LogP contribution is 2.27.